The third kappa shape index (κ3) is 14.7. The molecule has 0 saturated heterocycles. The molecule has 0 aromatic carbocycles. The van der Waals surface area contributed by atoms with Crippen LogP contribution in [0.1, 0.15) is 26.7 Å². The van der Waals surface area contributed by atoms with Gasteiger partial charge in [-0.3, -0.25) is 14.4 Å². The van der Waals surface area contributed by atoms with Crippen LogP contribution in [-0.2, 0) is 14.4 Å². The number of nitrogens with two attached hydrogens (primary N) is 1. The largest absolute Gasteiger partial charge is 0.480 e. The fourth-order valence-corrected chi connectivity index (χ4v) is 0.977. The normalized spacial score (nSPS) is 12.4. The molecule has 0 aromatic rings. The van der Waals surface area contributed by atoms with Crippen molar-refractivity contribution in [2.45, 2.75) is 38.8 Å². The topological polar surface area (TPSA) is 122 Å². The van der Waals surface area contributed by atoms with Crippen LogP contribution in [0.3, 0.4) is 0 Å². The van der Waals surface area contributed by atoms with Crippen LogP contribution in [0.2, 0.25) is 0 Å². The smallest absolute Gasteiger partial charge is 0.320 e. The summed E-state index contributed by atoms with van der Waals surface area (Å²) in [6.45, 7) is 4.42. The van der Waals surface area contributed by atoms with Crippen molar-refractivity contribution in [2.75, 3.05) is 12.3 Å². The Kier molecular flexibility index (Phi) is 13.9. The third-order valence-electron chi connectivity index (χ3n) is 1.97. The van der Waals surface area contributed by atoms with E-state index in [0.29, 0.717) is 12.2 Å². The molecule has 0 radical (unpaired) electrons. The van der Waals surface area contributed by atoms with Crippen molar-refractivity contribution in [1.82, 2.24) is 10.6 Å². The minimum Gasteiger partial charge on any atom is -0.480 e. The Morgan fingerprint density at radius 1 is 1.47 bits per heavy atom. The van der Waals surface area contributed by atoms with Crippen LogP contribution in [0, 0.1) is 0 Å². The molecule has 112 valence electrons. The lowest BCUT2D eigenvalue weighted by molar-refractivity contribution is -0.138. The minimum atomic E-state index is -1.08. The van der Waals surface area contributed by atoms with Crippen LogP contribution in [0.25, 0.3) is 0 Å². The number of hydrogen-bond acceptors (Lipinski definition) is 5. The molecule has 0 aliphatic rings. The number of hydrogen-bond donors (Lipinski definition) is 5. The monoisotopic (exact) mass is 293 g/mol. The molecule has 2 atom stereocenters. The van der Waals surface area contributed by atoms with Crippen molar-refractivity contribution in [3.05, 3.63) is 0 Å². The van der Waals surface area contributed by atoms with Gasteiger partial charge in [-0.1, -0.05) is 0 Å². The average Bonchev–Trinajstić information content (AvgIpc) is 2.37. The predicted octanol–water partition coefficient (Wildman–Crippen LogP) is -0.635. The summed E-state index contributed by atoms with van der Waals surface area (Å²) >= 11 is 4.00. The number of carboxylic acid groups (broad SMARTS) is 1. The molecule has 0 aromatic heterocycles. The highest BCUT2D eigenvalue weighted by molar-refractivity contribution is 7.80. The van der Waals surface area contributed by atoms with E-state index in [9.17, 15) is 14.4 Å². The van der Waals surface area contributed by atoms with Gasteiger partial charge in [0.2, 0.25) is 12.3 Å². The summed E-state index contributed by atoms with van der Waals surface area (Å²) in [5.41, 5.74) is 5.23. The molecular weight excluding hydrogens is 270 g/mol. The fraction of sp³-hybridized carbons (Fsp3) is 0.727. The summed E-state index contributed by atoms with van der Waals surface area (Å²) in [5.74, 6) is -0.722. The predicted molar refractivity (Wildman–Crippen MR) is 76.0 cm³/mol. The Morgan fingerprint density at radius 2 is 2.05 bits per heavy atom. The zero-order valence-electron chi connectivity index (χ0n) is 11.3. The van der Waals surface area contributed by atoms with E-state index >= 15 is 0 Å². The quantitative estimate of drug-likeness (QED) is 0.301. The van der Waals surface area contributed by atoms with E-state index in [1.165, 1.54) is 0 Å². The molecule has 8 heteroatoms. The van der Waals surface area contributed by atoms with Gasteiger partial charge in [-0.25, -0.2) is 0 Å². The first-order chi connectivity index (χ1) is 8.88. The van der Waals surface area contributed by atoms with Gasteiger partial charge in [0, 0.05) is 24.8 Å². The molecule has 0 saturated carbocycles. The van der Waals surface area contributed by atoms with Gasteiger partial charge in [-0.15, -0.1) is 0 Å². The highest BCUT2D eigenvalue weighted by Gasteiger charge is 2.13. The summed E-state index contributed by atoms with van der Waals surface area (Å²) in [4.78, 5) is 30.8. The minimum absolute atomic E-state index is 0.00751. The van der Waals surface area contributed by atoms with Gasteiger partial charge in [0.1, 0.15) is 6.04 Å². The van der Waals surface area contributed by atoms with E-state index in [1.807, 2.05) is 13.8 Å². The van der Waals surface area contributed by atoms with Crippen LogP contribution in [0.15, 0.2) is 0 Å². The number of thiol groups is 1. The fourth-order valence-electron chi connectivity index (χ4n) is 0.886. The van der Waals surface area contributed by atoms with E-state index in [0.717, 1.165) is 6.54 Å². The van der Waals surface area contributed by atoms with Crippen LogP contribution in [0.4, 0.5) is 0 Å². The van der Waals surface area contributed by atoms with E-state index in [1.54, 1.807) is 0 Å². The van der Waals surface area contributed by atoms with E-state index < -0.39 is 12.0 Å². The van der Waals surface area contributed by atoms with Crippen molar-refractivity contribution in [3.8, 4) is 0 Å². The van der Waals surface area contributed by atoms with Gasteiger partial charge in [-0.2, -0.15) is 12.6 Å². The van der Waals surface area contributed by atoms with Crippen LogP contribution >= 0.6 is 12.6 Å². The molecule has 7 nitrogen and oxygen atoms in total. The van der Waals surface area contributed by atoms with E-state index in [4.69, 9.17) is 10.8 Å². The maximum atomic E-state index is 11.1. The van der Waals surface area contributed by atoms with Gasteiger partial charge >= 0.3 is 5.97 Å². The molecular formula is C11H23N3O4S. The van der Waals surface area contributed by atoms with Gasteiger partial charge < -0.3 is 21.5 Å². The molecule has 0 heterocycles. The molecule has 0 spiro atoms. The number of carboxylic acids is 1. The summed E-state index contributed by atoms with van der Waals surface area (Å²) in [6.07, 6.45) is 0.964. The summed E-state index contributed by atoms with van der Waals surface area (Å²) < 4.78 is 0. The number of amides is 2. The van der Waals surface area contributed by atoms with Crippen LogP contribution in [-0.4, -0.2) is 47.8 Å². The highest BCUT2D eigenvalue weighted by atomic mass is 32.1. The molecule has 0 bridgehead atoms. The second-order valence-electron chi connectivity index (χ2n) is 3.81. The van der Waals surface area contributed by atoms with Crippen molar-refractivity contribution < 1.29 is 19.5 Å². The molecule has 0 aliphatic carbocycles. The number of aliphatic carboxylic acids is 1. The molecule has 0 fully saturated rings. The van der Waals surface area contributed by atoms with E-state index in [-0.39, 0.29) is 24.8 Å². The van der Waals surface area contributed by atoms with Gasteiger partial charge in [0.25, 0.3) is 0 Å². The van der Waals surface area contributed by atoms with E-state index in [2.05, 4.69) is 23.3 Å². The molecule has 0 aliphatic heterocycles. The maximum Gasteiger partial charge on any atom is 0.320 e. The summed E-state index contributed by atoms with van der Waals surface area (Å²) in [6, 6.07) is -0.973. The first-order valence-corrected chi connectivity index (χ1v) is 6.57. The zero-order valence-corrected chi connectivity index (χ0v) is 12.2. The van der Waals surface area contributed by atoms with Crippen molar-refractivity contribution in [2.24, 2.45) is 5.73 Å². The Morgan fingerprint density at radius 3 is 2.37 bits per heavy atom. The SMILES string of the molecule is CC(CS)NC(=O)CCC(N)C(=O)O.CCNC=O. The van der Waals surface area contributed by atoms with Gasteiger partial charge in [-0.05, 0) is 20.3 Å². The summed E-state index contributed by atoms with van der Waals surface area (Å²) in [5, 5.41) is 13.5. The Labute approximate surface area is 118 Å². The molecule has 19 heavy (non-hydrogen) atoms. The second kappa shape index (κ2) is 13.2. The first kappa shape index (κ1) is 20.0. The maximum absolute atomic E-state index is 11.1. The van der Waals surface area contributed by atoms with Crippen molar-refractivity contribution in [3.63, 3.8) is 0 Å². The average molecular weight is 293 g/mol. The van der Waals surface area contributed by atoms with Crippen LogP contribution in [0.5, 0.6) is 0 Å². The second-order valence-corrected chi connectivity index (χ2v) is 4.18. The zero-order chi connectivity index (χ0) is 15.3. The summed E-state index contributed by atoms with van der Waals surface area (Å²) in [7, 11) is 0. The lowest BCUT2D eigenvalue weighted by atomic mass is 10.1. The Balaban J connectivity index is 0. The molecule has 5 N–H and O–H groups in total. The Bertz CT molecular complexity index is 277. The molecule has 2 unspecified atom stereocenters. The number of carbonyl (C=O) groups excluding carboxylic acids is 2. The van der Waals surface area contributed by atoms with Crippen molar-refractivity contribution >= 4 is 30.9 Å². The molecule has 0 rings (SSSR count). The number of carbonyl (C=O) groups is 3. The number of rotatable bonds is 8. The lowest BCUT2D eigenvalue weighted by Crippen LogP contribution is -2.36. The van der Waals surface area contributed by atoms with Crippen LogP contribution < -0.4 is 16.4 Å². The van der Waals surface area contributed by atoms with Gasteiger partial charge in [0.15, 0.2) is 0 Å². The van der Waals surface area contributed by atoms with Gasteiger partial charge in [0.05, 0.1) is 0 Å². The first-order valence-electron chi connectivity index (χ1n) is 5.94. The molecule has 2 amide bonds. The Hall–Kier alpha value is -1.28. The number of nitrogens with one attached hydrogen (secondary N) is 2. The third-order valence-corrected chi connectivity index (χ3v) is 2.52. The standard InChI is InChI=1S/C8H16N2O3S.C3H7NO/c1-5(4-14)10-7(11)3-2-6(9)8(12)13;1-2-4-3-5/h5-6,14H,2-4,9H2,1H3,(H,10,11)(H,12,13);3H,2H2,1H3,(H,4,5). The lowest BCUT2D eigenvalue weighted by Gasteiger charge is -2.11. The van der Waals surface area contributed by atoms with Crippen molar-refractivity contribution in [1.29, 1.82) is 0 Å². The highest BCUT2D eigenvalue weighted by Crippen LogP contribution is 1.96.